The Hall–Kier alpha value is -3.06. The summed E-state index contributed by atoms with van der Waals surface area (Å²) in [4.78, 5) is 12.5. The standard InChI is InChI=1S/C17H16ClN5O2/c1-10-3-4-11(18)9-14(10)20-17(24)15-16(22-23-21-15)19-12-5-7-13(25-2)8-6-12/h3-9H,1-2H3,(H,20,24)(H2,19,21,22,23). The first-order valence-corrected chi connectivity index (χ1v) is 7.84. The van der Waals surface area contributed by atoms with E-state index in [2.05, 4.69) is 26.0 Å². The second kappa shape index (κ2) is 7.23. The second-order valence-electron chi connectivity index (χ2n) is 5.29. The van der Waals surface area contributed by atoms with Gasteiger partial charge < -0.3 is 15.4 Å². The summed E-state index contributed by atoms with van der Waals surface area (Å²) in [6, 6.07) is 12.5. The van der Waals surface area contributed by atoms with Crippen LogP contribution in [0.2, 0.25) is 5.02 Å². The molecule has 0 radical (unpaired) electrons. The maximum Gasteiger partial charge on any atom is 0.280 e. The molecule has 0 saturated carbocycles. The maximum atomic E-state index is 12.5. The summed E-state index contributed by atoms with van der Waals surface area (Å²) in [5.41, 5.74) is 2.42. The van der Waals surface area contributed by atoms with Gasteiger partial charge in [-0.05, 0) is 48.9 Å². The van der Waals surface area contributed by atoms with Gasteiger partial charge >= 0.3 is 0 Å². The number of nitrogens with one attached hydrogen (secondary N) is 3. The van der Waals surface area contributed by atoms with Crippen molar-refractivity contribution in [3.05, 3.63) is 58.7 Å². The lowest BCUT2D eigenvalue weighted by Gasteiger charge is -2.09. The average Bonchev–Trinajstić information content (AvgIpc) is 3.07. The van der Waals surface area contributed by atoms with Crippen molar-refractivity contribution in [3.8, 4) is 5.75 Å². The van der Waals surface area contributed by atoms with Crippen molar-refractivity contribution in [2.45, 2.75) is 6.92 Å². The molecule has 1 heterocycles. The number of halogens is 1. The minimum absolute atomic E-state index is 0.148. The zero-order valence-electron chi connectivity index (χ0n) is 13.6. The van der Waals surface area contributed by atoms with Gasteiger partial charge in [-0.3, -0.25) is 4.79 Å². The number of aryl methyl sites for hydroxylation is 1. The number of aromatic nitrogens is 3. The van der Waals surface area contributed by atoms with Crippen molar-refractivity contribution in [3.63, 3.8) is 0 Å². The van der Waals surface area contributed by atoms with Crippen LogP contribution in [0.1, 0.15) is 16.1 Å². The van der Waals surface area contributed by atoms with Crippen LogP contribution in [0.25, 0.3) is 0 Å². The SMILES string of the molecule is COc1ccc(Nc2n[nH]nc2C(=O)Nc2cc(Cl)ccc2C)cc1. The molecule has 0 aliphatic rings. The number of hydrogen-bond acceptors (Lipinski definition) is 5. The number of aromatic amines is 1. The molecule has 0 bridgehead atoms. The summed E-state index contributed by atoms with van der Waals surface area (Å²) in [5.74, 6) is 0.664. The lowest BCUT2D eigenvalue weighted by atomic mass is 10.2. The lowest BCUT2D eigenvalue weighted by Crippen LogP contribution is -2.15. The summed E-state index contributed by atoms with van der Waals surface area (Å²) in [7, 11) is 1.60. The van der Waals surface area contributed by atoms with E-state index >= 15 is 0 Å². The predicted octanol–water partition coefficient (Wildman–Crippen LogP) is 3.77. The van der Waals surface area contributed by atoms with E-state index in [9.17, 15) is 4.79 Å². The van der Waals surface area contributed by atoms with Gasteiger partial charge in [0.05, 0.1) is 7.11 Å². The van der Waals surface area contributed by atoms with E-state index in [1.165, 1.54) is 0 Å². The number of methoxy groups -OCH3 is 1. The zero-order valence-corrected chi connectivity index (χ0v) is 14.4. The fourth-order valence-electron chi connectivity index (χ4n) is 2.20. The monoisotopic (exact) mass is 357 g/mol. The van der Waals surface area contributed by atoms with Gasteiger partial charge in [-0.25, -0.2) is 0 Å². The Balaban J connectivity index is 1.78. The highest BCUT2D eigenvalue weighted by atomic mass is 35.5. The van der Waals surface area contributed by atoms with Crippen molar-refractivity contribution < 1.29 is 9.53 Å². The van der Waals surface area contributed by atoms with Gasteiger partial charge in [-0.1, -0.05) is 17.7 Å². The number of amides is 1. The van der Waals surface area contributed by atoms with Crippen LogP contribution in [0.3, 0.4) is 0 Å². The normalized spacial score (nSPS) is 10.4. The number of carbonyl (C=O) groups is 1. The van der Waals surface area contributed by atoms with E-state index in [-0.39, 0.29) is 5.69 Å². The van der Waals surface area contributed by atoms with Crippen LogP contribution in [-0.4, -0.2) is 28.4 Å². The molecule has 1 amide bonds. The van der Waals surface area contributed by atoms with Gasteiger partial charge in [0, 0.05) is 16.4 Å². The van der Waals surface area contributed by atoms with Crippen LogP contribution in [-0.2, 0) is 0 Å². The van der Waals surface area contributed by atoms with Crippen molar-refractivity contribution in [1.82, 2.24) is 15.4 Å². The molecule has 3 N–H and O–H groups in total. The Morgan fingerprint density at radius 3 is 2.64 bits per heavy atom. The smallest absolute Gasteiger partial charge is 0.280 e. The van der Waals surface area contributed by atoms with Crippen LogP contribution in [0.5, 0.6) is 5.75 Å². The average molecular weight is 358 g/mol. The summed E-state index contributed by atoms with van der Waals surface area (Å²) < 4.78 is 5.12. The number of H-pyrrole nitrogens is 1. The molecular weight excluding hydrogens is 342 g/mol. The van der Waals surface area contributed by atoms with Gasteiger partial charge in [-0.15, -0.1) is 10.2 Å². The number of benzene rings is 2. The molecular formula is C17H16ClN5O2. The molecule has 2 aromatic carbocycles. The quantitative estimate of drug-likeness (QED) is 0.646. The van der Waals surface area contributed by atoms with Gasteiger partial charge in [0.15, 0.2) is 11.5 Å². The topological polar surface area (TPSA) is 91.9 Å². The van der Waals surface area contributed by atoms with E-state index in [4.69, 9.17) is 16.3 Å². The van der Waals surface area contributed by atoms with Crippen molar-refractivity contribution in [2.75, 3.05) is 17.7 Å². The molecule has 0 atom stereocenters. The molecule has 128 valence electrons. The molecule has 3 rings (SSSR count). The third-order valence-corrected chi connectivity index (χ3v) is 3.80. The summed E-state index contributed by atoms with van der Waals surface area (Å²) in [6.45, 7) is 1.88. The van der Waals surface area contributed by atoms with Crippen LogP contribution in [0.4, 0.5) is 17.2 Å². The van der Waals surface area contributed by atoms with E-state index in [0.29, 0.717) is 16.5 Å². The Kier molecular flexibility index (Phi) is 4.85. The fourth-order valence-corrected chi connectivity index (χ4v) is 2.37. The zero-order chi connectivity index (χ0) is 17.8. The van der Waals surface area contributed by atoms with Gasteiger partial charge in [-0.2, -0.15) is 5.21 Å². The van der Waals surface area contributed by atoms with E-state index in [1.54, 1.807) is 31.4 Å². The van der Waals surface area contributed by atoms with Gasteiger partial charge in [0.25, 0.3) is 5.91 Å². The maximum absolute atomic E-state index is 12.5. The van der Waals surface area contributed by atoms with Crippen molar-refractivity contribution in [1.29, 1.82) is 0 Å². The summed E-state index contributed by atoms with van der Waals surface area (Å²) in [5, 5.41) is 16.8. The van der Waals surface area contributed by atoms with Crippen LogP contribution < -0.4 is 15.4 Å². The van der Waals surface area contributed by atoms with Crippen LogP contribution >= 0.6 is 11.6 Å². The Morgan fingerprint density at radius 2 is 1.92 bits per heavy atom. The molecule has 0 spiro atoms. The molecule has 1 aromatic heterocycles. The molecule has 25 heavy (non-hydrogen) atoms. The third kappa shape index (κ3) is 3.89. The number of anilines is 3. The minimum atomic E-state index is -0.393. The summed E-state index contributed by atoms with van der Waals surface area (Å²) in [6.07, 6.45) is 0. The molecule has 0 unspecified atom stereocenters. The molecule has 8 heteroatoms. The first-order valence-electron chi connectivity index (χ1n) is 7.46. The molecule has 7 nitrogen and oxygen atoms in total. The molecule has 0 aliphatic heterocycles. The minimum Gasteiger partial charge on any atom is -0.497 e. The Bertz CT molecular complexity index is 892. The first-order chi connectivity index (χ1) is 12.1. The number of carbonyl (C=O) groups excluding carboxylic acids is 1. The summed E-state index contributed by atoms with van der Waals surface area (Å²) >= 11 is 5.98. The second-order valence-corrected chi connectivity index (χ2v) is 5.72. The van der Waals surface area contributed by atoms with Crippen molar-refractivity contribution in [2.24, 2.45) is 0 Å². The van der Waals surface area contributed by atoms with Gasteiger partial charge in [0.1, 0.15) is 5.75 Å². The highest BCUT2D eigenvalue weighted by molar-refractivity contribution is 6.31. The Morgan fingerprint density at radius 1 is 1.16 bits per heavy atom. The number of nitrogens with zero attached hydrogens (tertiary/aromatic N) is 2. The fraction of sp³-hybridized carbons (Fsp3) is 0.118. The molecule has 0 fully saturated rings. The highest BCUT2D eigenvalue weighted by Crippen LogP contribution is 2.23. The van der Waals surface area contributed by atoms with Crippen molar-refractivity contribution >= 4 is 34.7 Å². The predicted molar refractivity (Wildman–Crippen MR) is 96.8 cm³/mol. The Labute approximate surface area is 149 Å². The van der Waals surface area contributed by atoms with E-state index in [1.807, 2.05) is 25.1 Å². The largest absolute Gasteiger partial charge is 0.497 e. The lowest BCUT2D eigenvalue weighted by molar-refractivity contribution is 0.102. The number of hydrogen-bond donors (Lipinski definition) is 3. The third-order valence-electron chi connectivity index (χ3n) is 3.56. The molecule has 3 aromatic rings. The van der Waals surface area contributed by atoms with Crippen LogP contribution in [0.15, 0.2) is 42.5 Å². The van der Waals surface area contributed by atoms with Gasteiger partial charge in [0.2, 0.25) is 0 Å². The van der Waals surface area contributed by atoms with E-state index < -0.39 is 5.91 Å². The first kappa shape index (κ1) is 16.8. The van der Waals surface area contributed by atoms with E-state index in [0.717, 1.165) is 17.0 Å². The number of rotatable bonds is 5. The van der Waals surface area contributed by atoms with Crippen LogP contribution in [0, 0.1) is 6.92 Å². The number of ether oxygens (including phenoxy) is 1. The molecule has 0 aliphatic carbocycles. The highest BCUT2D eigenvalue weighted by Gasteiger charge is 2.17. The molecule has 0 saturated heterocycles.